The second-order valence-electron chi connectivity index (χ2n) is 5.45. The summed E-state index contributed by atoms with van der Waals surface area (Å²) in [5, 5.41) is 5.30. The van der Waals surface area contributed by atoms with Crippen LogP contribution in [-0.2, 0) is 0 Å². The molecule has 1 atom stereocenters. The van der Waals surface area contributed by atoms with Gasteiger partial charge in [0.1, 0.15) is 0 Å². The van der Waals surface area contributed by atoms with Crippen LogP contribution in [0.15, 0.2) is 48.5 Å². The van der Waals surface area contributed by atoms with Gasteiger partial charge in [0.25, 0.3) is 5.91 Å². The van der Waals surface area contributed by atoms with Crippen LogP contribution in [0.1, 0.15) is 42.1 Å². The zero-order chi connectivity index (χ0) is 16.8. The Bertz CT molecular complexity index is 678. The molecule has 4 N–H and O–H groups in total. The van der Waals surface area contributed by atoms with Crippen LogP contribution < -0.4 is 16.4 Å². The van der Waals surface area contributed by atoms with Gasteiger partial charge in [-0.15, -0.1) is 0 Å². The number of anilines is 2. The molecule has 5 nitrogen and oxygen atoms in total. The number of carbonyl (C=O) groups excluding carboxylic acids is 2. The summed E-state index contributed by atoms with van der Waals surface area (Å²) in [6.45, 7) is 4.33. The van der Waals surface area contributed by atoms with E-state index in [1.807, 2.05) is 24.3 Å². The fourth-order valence-corrected chi connectivity index (χ4v) is 2.18. The fourth-order valence-electron chi connectivity index (χ4n) is 2.18. The van der Waals surface area contributed by atoms with Crippen LogP contribution in [0, 0.1) is 0 Å². The molecule has 2 rings (SSSR count). The quantitative estimate of drug-likeness (QED) is 0.781. The maximum absolute atomic E-state index is 12.2. The van der Waals surface area contributed by atoms with Gasteiger partial charge in [0.05, 0.1) is 0 Å². The summed E-state index contributed by atoms with van der Waals surface area (Å²) in [6, 6.07) is 13.8. The number of nitrogens with two attached hydrogens (primary N) is 1. The molecule has 0 bridgehead atoms. The van der Waals surface area contributed by atoms with Gasteiger partial charge in [-0.05, 0) is 54.3 Å². The highest BCUT2D eigenvalue weighted by Crippen LogP contribution is 2.21. The minimum Gasteiger partial charge on any atom is -0.351 e. The van der Waals surface area contributed by atoms with Gasteiger partial charge in [0, 0.05) is 16.9 Å². The van der Waals surface area contributed by atoms with Crippen molar-refractivity contribution in [3.63, 3.8) is 0 Å². The van der Waals surface area contributed by atoms with E-state index in [2.05, 4.69) is 24.5 Å². The lowest BCUT2D eigenvalue weighted by Gasteiger charge is -2.11. The predicted octanol–water partition coefficient (Wildman–Crippen LogP) is 3.94. The Hall–Kier alpha value is -2.82. The molecular weight excluding hydrogens is 290 g/mol. The number of urea groups is 1. The number of hydrogen-bond acceptors (Lipinski definition) is 2. The van der Waals surface area contributed by atoms with Crippen molar-refractivity contribution in [1.29, 1.82) is 0 Å². The molecule has 0 heterocycles. The maximum Gasteiger partial charge on any atom is 0.316 e. The first-order chi connectivity index (χ1) is 11.0. The molecule has 0 radical (unpaired) electrons. The molecule has 0 aliphatic heterocycles. The van der Waals surface area contributed by atoms with Gasteiger partial charge >= 0.3 is 6.03 Å². The minimum atomic E-state index is -0.636. The van der Waals surface area contributed by atoms with Crippen molar-refractivity contribution in [2.24, 2.45) is 5.73 Å². The van der Waals surface area contributed by atoms with Gasteiger partial charge in [-0.1, -0.05) is 26.0 Å². The third kappa shape index (κ3) is 4.57. The number of nitrogens with one attached hydrogen (secondary N) is 2. The number of benzene rings is 2. The summed E-state index contributed by atoms with van der Waals surface area (Å²) < 4.78 is 0. The number of primary amides is 1. The Morgan fingerprint density at radius 1 is 0.957 bits per heavy atom. The molecule has 23 heavy (non-hydrogen) atoms. The Morgan fingerprint density at radius 2 is 1.48 bits per heavy atom. The highest BCUT2D eigenvalue weighted by Gasteiger charge is 2.07. The standard InChI is InChI=1S/C18H21N3O2/c1-3-12(2)13-4-8-15(9-5-13)20-17(22)14-6-10-16(11-7-14)21-18(19)23/h4-12H,3H2,1-2H3,(H,20,22)(H3,19,21,23)/t12-/m0/s1. The van der Waals surface area contributed by atoms with Crippen molar-refractivity contribution < 1.29 is 9.59 Å². The molecule has 2 aromatic carbocycles. The zero-order valence-corrected chi connectivity index (χ0v) is 13.3. The van der Waals surface area contributed by atoms with Crippen molar-refractivity contribution >= 4 is 23.3 Å². The first-order valence-electron chi connectivity index (χ1n) is 7.57. The largest absolute Gasteiger partial charge is 0.351 e. The maximum atomic E-state index is 12.2. The van der Waals surface area contributed by atoms with Gasteiger partial charge in [-0.2, -0.15) is 0 Å². The van der Waals surface area contributed by atoms with Crippen molar-refractivity contribution in [3.05, 3.63) is 59.7 Å². The molecule has 0 aromatic heterocycles. The van der Waals surface area contributed by atoms with Crippen LogP contribution >= 0.6 is 0 Å². The van der Waals surface area contributed by atoms with Gasteiger partial charge in [0.15, 0.2) is 0 Å². The van der Waals surface area contributed by atoms with E-state index in [9.17, 15) is 9.59 Å². The number of rotatable bonds is 5. The SMILES string of the molecule is CC[C@H](C)c1ccc(NC(=O)c2ccc(NC(N)=O)cc2)cc1. The second-order valence-corrected chi connectivity index (χ2v) is 5.45. The zero-order valence-electron chi connectivity index (χ0n) is 13.3. The summed E-state index contributed by atoms with van der Waals surface area (Å²) in [4.78, 5) is 23.0. The highest BCUT2D eigenvalue weighted by atomic mass is 16.2. The highest BCUT2D eigenvalue weighted by molar-refractivity contribution is 6.04. The molecule has 0 spiro atoms. The molecular formula is C18H21N3O2. The van der Waals surface area contributed by atoms with E-state index in [0.29, 0.717) is 17.2 Å². The molecule has 0 aliphatic rings. The first-order valence-corrected chi connectivity index (χ1v) is 7.57. The van der Waals surface area contributed by atoms with Crippen molar-refractivity contribution in [2.75, 3.05) is 10.6 Å². The average Bonchev–Trinajstić information content (AvgIpc) is 2.55. The summed E-state index contributed by atoms with van der Waals surface area (Å²) in [6.07, 6.45) is 1.08. The lowest BCUT2D eigenvalue weighted by Crippen LogP contribution is -2.19. The van der Waals surface area contributed by atoms with Crippen LogP contribution in [0.3, 0.4) is 0 Å². The van der Waals surface area contributed by atoms with Crippen LogP contribution in [0.25, 0.3) is 0 Å². The number of amides is 3. The molecule has 0 fully saturated rings. The van der Waals surface area contributed by atoms with E-state index in [4.69, 9.17) is 5.73 Å². The third-order valence-electron chi connectivity index (χ3n) is 3.76. The fraction of sp³-hybridized carbons (Fsp3) is 0.222. The predicted molar refractivity (Wildman–Crippen MR) is 92.7 cm³/mol. The van der Waals surface area contributed by atoms with Crippen LogP contribution in [0.2, 0.25) is 0 Å². The Morgan fingerprint density at radius 3 is 2.00 bits per heavy atom. The topological polar surface area (TPSA) is 84.2 Å². The van der Waals surface area contributed by atoms with Crippen LogP contribution in [0.5, 0.6) is 0 Å². The van der Waals surface area contributed by atoms with E-state index in [1.54, 1.807) is 24.3 Å². The summed E-state index contributed by atoms with van der Waals surface area (Å²) in [7, 11) is 0. The van der Waals surface area contributed by atoms with Gasteiger partial charge < -0.3 is 16.4 Å². The van der Waals surface area contributed by atoms with Crippen LogP contribution in [-0.4, -0.2) is 11.9 Å². The lowest BCUT2D eigenvalue weighted by molar-refractivity contribution is 0.102. The molecule has 0 saturated carbocycles. The van der Waals surface area contributed by atoms with Crippen molar-refractivity contribution in [1.82, 2.24) is 0 Å². The Kier molecular flexibility index (Phi) is 5.36. The van der Waals surface area contributed by atoms with Crippen molar-refractivity contribution in [3.8, 4) is 0 Å². The molecule has 3 amide bonds. The van der Waals surface area contributed by atoms with E-state index in [0.717, 1.165) is 12.1 Å². The monoisotopic (exact) mass is 311 g/mol. The normalized spacial score (nSPS) is 11.6. The lowest BCUT2D eigenvalue weighted by atomic mass is 9.98. The Balaban J connectivity index is 2.02. The van der Waals surface area contributed by atoms with E-state index >= 15 is 0 Å². The molecule has 2 aromatic rings. The van der Waals surface area contributed by atoms with Gasteiger partial charge in [-0.25, -0.2) is 4.79 Å². The van der Waals surface area contributed by atoms with Crippen LogP contribution in [0.4, 0.5) is 16.2 Å². The molecule has 120 valence electrons. The molecule has 5 heteroatoms. The van der Waals surface area contributed by atoms with Crippen molar-refractivity contribution in [2.45, 2.75) is 26.2 Å². The Labute approximate surface area is 135 Å². The molecule has 0 aliphatic carbocycles. The average molecular weight is 311 g/mol. The summed E-state index contributed by atoms with van der Waals surface area (Å²) >= 11 is 0. The first kappa shape index (κ1) is 16.5. The number of hydrogen-bond donors (Lipinski definition) is 3. The smallest absolute Gasteiger partial charge is 0.316 e. The summed E-state index contributed by atoms with van der Waals surface area (Å²) in [5.74, 6) is 0.303. The number of carbonyl (C=O) groups is 2. The minimum absolute atomic E-state index is 0.202. The van der Waals surface area contributed by atoms with Gasteiger partial charge in [0.2, 0.25) is 0 Å². The third-order valence-corrected chi connectivity index (χ3v) is 3.76. The molecule has 0 unspecified atom stereocenters. The van der Waals surface area contributed by atoms with E-state index < -0.39 is 6.03 Å². The van der Waals surface area contributed by atoms with Gasteiger partial charge in [-0.3, -0.25) is 4.79 Å². The second kappa shape index (κ2) is 7.45. The van der Waals surface area contributed by atoms with E-state index in [1.165, 1.54) is 5.56 Å². The van der Waals surface area contributed by atoms with E-state index in [-0.39, 0.29) is 5.91 Å². The summed E-state index contributed by atoms with van der Waals surface area (Å²) in [5.41, 5.74) is 8.10. The molecule has 0 saturated heterocycles.